The maximum absolute atomic E-state index is 5.53. The summed E-state index contributed by atoms with van der Waals surface area (Å²) in [4.78, 5) is 4.07. The van der Waals surface area contributed by atoms with Gasteiger partial charge in [0.1, 0.15) is 5.82 Å². The van der Waals surface area contributed by atoms with E-state index >= 15 is 0 Å². The molecule has 0 unspecified atom stereocenters. The molecule has 1 heterocycles. The minimum Gasteiger partial charge on any atom is -0.383 e. The van der Waals surface area contributed by atoms with Crippen LogP contribution < -0.4 is 11.2 Å². The van der Waals surface area contributed by atoms with Crippen molar-refractivity contribution < 1.29 is 0 Å². The zero-order chi connectivity index (χ0) is 13.1. The van der Waals surface area contributed by atoms with Crippen LogP contribution in [0.4, 0.5) is 10.9 Å². The fraction of sp³-hybridized carbons (Fsp3) is 0.286. The first kappa shape index (κ1) is 12.2. The zero-order valence-electron chi connectivity index (χ0n) is 10.5. The van der Waals surface area contributed by atoms with Gasteiger partial charge in [0.05, 0.1) is 6.21 Å². The van der Waals surface area contributed by atoms with E-state index in [0.29, 0.717) is 10.9 Å². The van der Waals surface area contributed by atoms with E-state index in [1.165, 1.54) is 36.2 Å². The number of nitrogens with one attached hydrogen (secondary N) is 1. The van der Waals surface area contributed by atoms with Gasteiger partial charge in [0.25, 0.3) is 0 Å². The Labute approximate surface area is 116 Å². The number of nitrogen functional groups attached to an aromatic ring is 1. The molecule has 1 saturated carbocycles. The van der Waals surface area contributed by atoms with Gasteiger partial charge in [-0.05, 0) is 29.9 Å². The molecule has 1 aromatic heterocycles. The van der Waals surface area contributed by atoms with Gasteiger partial charge in [0.2, 0.25) is 5.13 Å². The van der Waals surface area contributed by atoms with Crippen LogP contribution in [0.3, 0.4) is 0 Å². The second-order valence-electron chi connectivity index (χ2n) is 4.74. The van der Waals surface area contributed by atoms with Crippen molar-refractivity contribution in [2.45, 2.75) is 25.2 Å². The molecular weight excluding hydrogens is 256 g/mol. The van der Waals surface area contributed by atoms with Gasteiger partial charge < -0.3 is 5.73 Å². The van der Waals surface area contributed by atoms with E-state index in [4.69, 9.17) is 5.73 Å². The molecule has 0 atom stereocenters. The van der Waals surface area contributed by atoms with Gasteiger partial charge in [0.15, 0.2) is 0 Å². The Morgan fingerprint density at radius 3 is 2.68 bits per heavy atom. The van der Waals surface area contributed by atoms with Gasteiger partial charge in [0, 0.05) is 5.38 Å². The summed E-state index contributed by atoms with van der Waals surface area (Å²) in [7, 11) is 0. The Hall–Kier alpha value is -1.88. The Kier molecular flexibility index (Phi) is 3.46. The molecule has 1 fully saturated rings. The molecule has 19 heavy (non-hydrogen) atoms. The summed E-state index contributed by atoms with van der Waals surface area (Å²) in [6, 6.07) is 8.61. The maximum atomic E-state index is 5.53. The number of hydrogen-bond acceptors (Lipinski definition) is 5. The van der Waals surface area contributed by atoms with Crippen LogP contribution in [0, 0.1) is 0 Å². The monoisotopic (exact) mass is 272 g/mol. The first-order valence-electron chi connectivity index (χ1n) is 6.41. The normalized spacial score (nSPS) is 15.6. The van der Waals surface area contributed by atoms with Crippen LogP contribution in [0.1, 0.15) is 36.3 Å². The van der Waals surface area contributed by atoms with Crippen LogP contribution in [0.25, 0.3) is 0 Å². The molecular formula is C14H16N4S. The van der Waals surface area contributed by atoms with Crippen LogP contribution in [-0.4, -0.2) is 11.2 Å². The van der Waals surface area contributed by atoms with Crippen LogP contribution in [0.15, 0.2) is 34.7 Å². The number of rotatable bonds is 4. The summed E-state index contributed by atoms with van der Waals surface area (Å²) in [6.07, 6.45) is 5.83. The summed E-state index contributed by atoms with van der Waals surface area (Å²) in [5.41, 5.74) is 10.9. The second-order valence-corrected chi connectivity index (χ2v) is 5.60. The lowest BCUT2D eigenvalue weighted by Gasteiger charge is -2.25. The molecule has 1 aromatic carbocycles. The van der Waals surface area contributed by atoms with Crippen molar-refractivity contribution in [3.05, 3.63) is 40.8 Å². The molecule has 1 aliphatic rings. The highest BCUT2D eigenvalue weighted by molar-refractivity contribution is 7.14. The number of anilines is 2. The lowest BCUT2D eigenvalue weighted by molar-refractivity contribution is 0.420. The van der Waals surface area contributed by atoms with E-state index < -0.39 is 0 Å². The van der Waals surface area contributed by atoms with Gasteiger partial charge >= 0.3 is 0 Å². The summed E-state index contributed by atoms with van der Waals surface area (Å²) >= 11 is 1.44. The lowest BCUT2D eigenvalue weighted by atomic mass is 9.80. The molecule has 3 N–H and O–H groups in total. The predicted octanol–water partition coefficient (Wildman–Crippen LogP) is 3.44. The highest BCUT2D eigenvalue weighted by Gasteiger charge is 2.18. The Bertz CT molecular complexity index is 569. The molecule has 0 amide bonds. The average molecular weight is 272 g/mol. The minimum atomic E-state index is 0.521. The standard InChI is InChI=1S/C14H16N4S/c15-13-9-19-14(17-13)18-16-8-10-4-6-12(7-5-10)11-2-1-3-11/h4-9,11H,1-3,15H2,(H,17,18). The fourth-order valence-electron chi connectivity index (χ4n) is 2.10. The van der Waals surface area contributed by atoms with Crippen molar-refractivity contribution in [3.63, 3.8) is 0 Å². The predicted molar refractivity (Wildman–Crippen MR) is 80.8 cm³/mol. The second kappa shape index (κ2) is 5.40. The first-order valence-corrected chi connectivity index (χ1v) is 7.29. The third-order valence-corrected chi connectivity index (χ3v) is 4.17. The fourth-order valence-corrected chi connectivity index (χ4v) is 2.64. The van der Waals surface area contributed by atoms with Gasteiger partial charge in [-0.1, -0.05) is 30.7 Å². The van der Waals surface area contributed by atoms with E-state index in [2.05, 4.69) is 39.8 Å². The Morgan fingerprint density at radius 2 is 2.11 bits per heavy atom. The van der Waals surface area contributed by atoms with E-state index in [0.717, 1.165) is 11.5 Å². The topological polar surface area (TPSA) is 63.3 Å². The third kappa shape index (κ3) is 2.93. The summed E-state index contributed by atoms with van der Waals surface area (Å²) in [5.74, 6) is 1.30. The highest BCUT2D eigenvalue weighted by atomic mass is 32.1. The van der Waals surface area contributed by atoms with E-state index in [9.17, 15) is 0 Å². The number of aromatic nitrogens is 1. The van der Waals surface area contributed by atoms with Crippen molar-refractivity contribution in [3.8, 4) is 0 Å². The van der Waals surface area contributed by atoms with Gasteiger partial charge in [-0.15, -0.1) is 11.3 Å². The lowest BCUT2D eigenvalue weighted by Crippen LogP contribution is -2.08. The van der Waals surface area contributed by atoms with Crippen LogP contribution in [0.2, 0.25) is 0 Å². The molecule has 3 rings (SSSR count). The third-order valence-electron chi connectivity index (χ3n) is 3.41. The van der Waals surface area contributed by atoms with E-state index in [-0.39, 0.29) is 0 Å². The van der Waals surface area contributed by atoms with Crippen molar-refractivity contribution >= 4 is 28.5 Å². The highest BCUT2D eigenvalue weighted by Crippen LogP contribution is 2.36. The number of benzene rings is 1. The van der Waals surface area contributed by atoms with E-state index in [1.54, 1.807) is 11.6 Å². The number of nitrogens with zero attached hydrogens (tertiary/aromatic N) is 2. The van der Waals surface area contributed by atoms with Crippen molar-refractivity contribution in [2.75, 3.05) is 11.2 Å². The molecule has 5 heteroatoms. The molecule has 0 radical (unpaired) electrons. The van der Waals surface area contributed by atoms with Crippen LogP contribution in [0.5, 0.6) is 0 Å². The SMILES string of the molecule is Nc1csc(NN=Cc2ccc(C3CCC3)cc2)n1. The van der Waals surface area contributed by atoms with Crippen molar-refractivity contribution in [1.82, 2.24) is 4.98 Å². The van der Waals surface area contributed by atoms with Crippen LogP contribution in [-0.2, 0) is 0 Å². The molecule has 2 aromatic rings. The number of thiazole rings is 1. The quantitative estimate of drug-likeness (QED) is 0.662. The van der Waals surface area contributed by atoms with Gasteiger partial charge in [-0.3, -0.25) is 5.43 Å². The van der Waals surface area contributed by atoms with Crippen molar-refractivity contribution in [1.29, 1.82) is 0 Å². The summed E-state index contributed by atoms with van der Waals surface area (Å²) < 4.78 is 0. The summed E-state index contributed by atoms with van der Waals surface area (Å²) in [6.45, 7) is 0. The number of hydrazone groups is 1. The van der Waals surface area contributed by atoms with Crippen molar-refractivity contribution in [2.24, 2.45) is 5.10 Å². The zero-order valence-corrected chi connectivity index (χ0v) is 11.4. The Morgan fingerprint density at radius 1 is 1.32 bits per heavy atom. The molecule has 0 saturated heterocycles. The molecule has 0 bridgehead atoms. The summed E-state index contributed by atoms with van der Waals surface area (Å²) in [5, 5.41) is 6.64. The molecule has 0 spiro atoms. The Balaban J connectivity index is 1.59. The molecule has 0 aliphatic heterocycles. The van der Waals surface area contributed by atoms with E-state index in [1.807, 2.05) is 0 Å². The molecule has 98 valence electrons. The molecule has 1 aliphatic carbocycles. The first-order chi connectivity index (χ1) is 9.31. The minimum absolute atomic E-state index is 0.521. The van der Waals surface area contributed by atoms with Gasteiger partial charge in [-0.25, -0.2) is 4.98 Å². The number of hydrogen-bond donors (Lipinski definition) is 2. The average Bonchev–Trinajstić information content (AvgIpc) is 2.75. The van der Waals surface area contributed by atoms with Crippen LogP contribution >= 0.6 is 11.3 Å². The number of nitrogens with two attached hydrogens (primary N) is 1. The van der Waals surface area contributed by atoms with Gasteiger partial charge in [-0.2, -0.15) is 5.10 Å². The maximum Gasteiger partial charge on any atom is 0.205 e. The smallest absolute Gasteiger partial charge is 0.205 e. The molecule has 4 nitrogen and oxygen atoms in total. The largest absolute Gasteiger partial charge is 0.383 e.